The van der Waals surface area contributed by atoms with Crippen LogP contribution < -0.4 is 11.4 Å². The van der Waals surface area contributed by atoms with Gasteiger partial charge in [0.25, 0.3) is 5.56 Å². The summed E-state index contributed by atoms with van der Waals surface area (Å²) in [4.78, 5) is 16.4. The second-order valence-electron chi connectivity index (χ2n) is 4.55. The lowest BCUT2D eigenvalue weighted by molar-refractivity contribution is 0.931. The fraction of sp³-hybridized carbons (Fsp3) is 0. The Labute approximate surface area is 126 Å². The highest BCUT2D eigenvalue weighted by Gasteiger charge is 2.15. The number of hydrogen-bond donors (Lipinski definition) is 2. The third-order valence-corrected chi connectivity index (χ3v) is 3.13. The van der Waals surface area contributed by atoms with E-state index in [4.69, 9.17) is 5.84 Å². The van der Waals surface area contributed by atoms with Gasteiger partial charge in [-0.05, 0) is 0 Å². The van der Waals surface area contributed by atoms with Crippen molar-refractivity contribution in [1.29, 1.82) is 0 Å². The zero-order valence-electron chi connectivity index (χ0n) is 11.6. The molecule has 1 aromatic heterocycles. The summed E-state index contributed by atoms with van der Waals surface area (Å²) in [6.45, 7) is 0. The maximum Gasteiger partial charge on any atom is 0.292 e. The van der Waals surface area contributed by atoms with Crippen LogP contribution >= 0.6 is 0 Å². The summed E-state index contributed by atoms with van der Waals surface area (Å²) >= 11 is 0. The molecular weight excluding hydrogens is 278 g/mol. The normalized spacial score (nSPS) is 11.4. The van der Waals surface area contributed by atoms with E-state index in [1.54, 1.807) is 0 Å². The Balaban J connectivity index is 2.13. The van der Waals surface area contributed by atoms with Gasteiger partial charge < -0.3 is 5.84 Å². The lowest BCUT2D eigenvalue weighted by Gasteiger charge is -2.05. The van der Waals surface area contributed by atoms with Crippen molar-refractivity contribution in [3.8, 4) is 11.4 Å². The minimum atomic E-state index is -0.437. The van der Waals surface area contributed by atoms with Crippen molar-refractivity contribution < 1.29 is 0 Å². The van der Waals surface area contributed by atoms with Gasteiger partial charge in [-0.25, -0.2) is 10.1 Å². The third-order valence-electron chi connectivity index (χ3n) is 3.13. The highest BCUT2D eigenvalue weighted by atomic mass is 16.1. The maximum atomic E-state index is 12.1. The smallest absolute Gasteiger partial charge is 0.292 e. The molecule has 0 bridgehead atoms. The molecular formula is C16H13N5O. The van der Waals surface area contributed by atoms with E-state index >= 15 is 0 Å². The zero-order valence-corrected chi connectivity index (χ0v) is 11.6. The van der Waals surface area contributed by atoms with Crippen molar-refractivity contribution in [3.05, 3.63) is 82.3 Å². The molecule has 0 unspecified atom stereocenters. The summed E-state index contributed by atoms with van der Waals surface area (Å²) < 4.78 is 0. The van der Waals surface area contributed by atoms with Crippen LogP contribution in [0.3, 0.4) is 0 Å². The first-order valence-electron chi connectivity index (χ1n) is 6.65. The average molecular weight is 291 g/mol. The second-order valence-corrected chi connectivity index (χ2v) is 4.55. The molecule has 3 rings (SSSR count). The topological polar surface area (TPSA) is 97.0 Å². The van der Waals surface area contributed by atoms with Crippen molar-refractivity contribution in [2.24, 2.45) is 10.9 Å². The van der Waals surface area contributed by atoms with Crippen LogP contribution in [0.2, 0.25) is 0 Å². The highest BCUT2D eigenvalue weighted by Crippen LogP contribution is 2.13. The van der Waals surface area contributed by atoms with E-state index < -0.39 is 5.56 Å². The molecule has 6 heteroatoms. The number of hydrogen-bond acceptors (Lipinski definition) is 5. The van der Waals surface area contributed by atoms with Crippen LogP contribution in [0.4, 0.5) is 0 Å². The van der Waals surface area contributed by atoms with E-state index in [0.29, 0.717) is 17.1 Å². The molecule has 22 heavy (non-hydrogen) atoms. The van der Waals surface area contributed by atoms with Crippen LogP contribution in [0.25, 0.3) is 11.4 Å². The summed E-state index contributed by atoms with van der Waals surface area (Å²) in [6.07, 6.45) is 0. The average Bonchev–Trinajstić information content (AvgIpc) is 2.59. The predicted octanol–water partition coefficient (Wildman–Crippen LogP) is 1.54. The monoisotopic (exact) mass is 291 g/mol. The number of H-pyrrole nitrogens is 1. The Morgan fingerprint density at radius 1 is 1.00 bits per heavy atom. The number of aromatic amines is 1. The minimum absolute atomic E-state index is 0.141. The molecule has 0 saturated carbocycles. The molecule has 108 valence electrons. The van der Waals surface area contributed by atoms with Crippen LogP contribution in [0.15, 0.2) is 70.6 Å². The highest BCUT2D eigenvalue weighted by molar-refractivity contribution is 6.11. The number of rotatable bonds is 3. The first-order valence-corrected chi connectivity index (χ1v) is 6.65. The number of aromatic nitrogens is 3. The van der Waals surface area contributed by atoms with Crippen molar-refractivity contribution in [3.63, 3.8) is 0 Å². The number of hydrazone groups is 1. The zero-order chi connectivity index (χ0) is 15.4. The molecule has 0 aliphatic heterocycles. The van der Waals surface area contributed by atoms with E-state index in [2.05, 4.69) is 20.3 Å². The van der Waals surface area contributed by atoms with Gasteiger partial charge in [0.05, 0.1) is 0 Å². The Kier molecular flexibility index (Phi) is 3.74. The molecule has 3 aromatic rings. The van der Waals surface area contributed by atoms with Crippen molar-refractivity contribution in [2.75, 3.05) is 0 Å². The molecule has 0 spiro atoms. The summed E-state index contributed by atoms with van der Waals surface area (Å²) in [7, 11) is 0. The molecule has 6 nitrogen and oxygen atoms in total. The Morgan fingerprint density at radius 2 is 1.64 bits per heavy atom. The molecule has 1 heterocycles. The first kappa shape index (κ1) is 13.7. The van der Waals surface area contributed by atoms with Gasteiger partial charge in [0, 0.05) is 11.1 Å². The lowest BCUT2D eigenvalue weighted by Crippen LogP contribution is -2.24. The number of benzene rings is 2. The second kappa shape index (κ2) is 6.01. The Hall–Kier alpha value is -3.28. The summed E-state index contributed by atoms with van der Waals surface area (Å²) in [5, 5.41) is 10.2. The summed E-state index contributed by atoms with van der Waals surface area (Å²) in [5.74, 6) is 5.88. The molecule has 0 amide bonds. The van der Waals surface area contributed by atoms with Crippen molar-refractivity contribution in [2.45, 2.75) is 0 Å². The molecule has 3 N–H and O–H groups in total. The Morgan fingerprint density at radius 3 is 2.27 bits per heavy atom. The quantitative estimate of drug-likeness (QED) is 0.434. The standard InChI is InChI=1S/C16H13N5O/c17-19-13(11-7-3-1-4-8-11)14-16(22)21-20-15(18-14)12-9-5-2-6-10-12/h1-10H,17H2,(H,21,22). The van der Waals surface area contributed by atoms with Gasteiger partial charge in [0.2, 0.25) is 0 Å². The Bertz CT molecular complexity index is 856. The van der Waals surface area contributed by atoms with Gasteiger partial charge >= 0.3 is 0 Å². The molecule has 0 fully saturated rings. The van der Waals surface area contributed by atoms with Gasteiger partial charge in [-0.15, -0.1) is 0 Å². The lowest BCUT2D eigenvalue weighted by atomic mass is 10.1. The predicted molar refractivity (Wildman–Crippen MR) is 84.4 cm³/mol. The summed E-state index contributed by atoms with van der Waals surface area (Å²) in [5.41, 5.74) is 1.54. The molecule has 0 aliphatic rings. The fourth-order valence-electron chi connectivity index (χ4n) is 2.08. The van der Waals surface area contributed by atoms with Crippen molar-refractivity contribution in [1.82, 2.24) is 15.2 Å². The van der Waals surface area contributed by atoms with E-state index in [0.717, 1.165) is 5.56 Å². The van der Waals surface area contributed by atoms with Crippen LogP contribution in [-0.4, -0.2) is 20.9 Å². The number of nitrogens with zero attached hydrogens (tertiary/aromatic N) is 3. The van der Waals surface area contributed by atoms with Crippen molar-refractivity contribution >= 4 is 5.71 Å². The molecule has 2 aromatic carbocycles. The van der Waals surface area contributed by atoms with Gasteiger partial charge in [0.1, 0.15) is 5.71 Å². The minimum Gasteiger partial charge on any atom is -0.323 e. The van der Waals surface area contributed by atoms with E-state index in [9.17, 15) is 4.79 Å². The van der Waals surface area contributed by atoms with Crippen LogP contribution in [-0.2, 0) is 0 Å². The fourth-order valence-corrected chi connectivity index (χ4v) is 2.08. The maximum absolute atomic E-state index is 12.1. The first-order chi connectivity index (χ1) is 10.8. The SMILES string of the molecule is NN=C(c1ccccc1)c1nc(-c2ccccc2)n[nH]c1=O. The van der Waals surface area contributed by atoms with Crippen LogP contribution in [0, 0.1) is 0 Å². The number of nitrogens with two attached hydrogens (primary N) is 1. The molecule has 0 aliphatic carbocycles. The molecule has 0 saturated heterocycles. The van der Waals surface area contributed by atoms with Gasteiger partial charge in [-0.3, -0.25) is 4.79 Å². The van der Waals surface area contributed by atoms with E-state index in [-0.39, 0.29) is 5.69 Å². The van der Waals surface area contributed by atoms with Gasteiger partial charge in [0.15, 0.2) is 11.5 Å². The van der Waals surface area contributed by atoms with Crippen LogP contribution in [0.5, 0.6) is 0 Å². The largest absolute Gasteiger partial charge is 0.323 e. The van der Waals surface area contributed by atoms with Crippen LogP contribution in [0.1, 0.15) is 11.3 Å². The molecule has 0 radical (unpaired) electrons. The van der Waals surface area contributed by atoms with E-state index in [1.807, 2.05) is 60.7 Å². The summed E-state index contributed by atoms with van der Waals surface area (Å²) in [6, 6.07) is 18.5. The van der Waals surface area contributed by atoms with E-state index in [1.165, 1.54) is 0 Å². The van der Waals surface area contributed by atoms with Gasteiger partial charge in [-0.2, -0.15) is 10.2 Å². The van der Waals surface area contributed by atoms with Gasteiger partial charge in [-0.1, -0.05) is 60.7 Å². The molecule has 0 atom stereocenters. The number of nitrogens with one attached hydrogen (secondary N) is 1. The third kappa shape index (κ3) is 2.62.